The molecule has 0 saturated carbocycles. The van der Waals surface area contributed by atoms with Crippen LogP contribution in [0, 0.1) is 0 Å². The molecule has 1 unspecified atom stereocenters. The number of rotatable bonds is 3. The lowest BCUT2D eigenvalue weighted by Gasteiger charge is -2.47. The molecule has 1 N–H and O–H groups in total. The summed E-state index contributed by atoms with van der Waals surface area (Å²) in [6, 6.07) is 0. The summed E-state index contributed by atoms with van der Waals surface area (Å²) in [6.45, 7) is 6.54. The molecule has 0 radical (unpaired) electrons. The van der Waals surface area contributed by atoms with Crippen LogP contribution in [0.2, 0.25) is 0 Å². The van der Waals surface area contributed by atoms with Crippen molar-refractivity contribution in [3.05, 3.63) is 0 Å². The first kappa shape index (κ1) is 8.97. The molecule has 1 aliphatic rings. The highest BCUT2D eigenvalue weighted by Gasteiger charge is 2.38. The largest absolute Gasteiger partial charge is 0.392 e. The van der Waals surface area contributed by atoms with Crippen molar-refractivity contribution in [2.75, 3.05) is 26.7 Å². The molecule has 1 rings (SSSR count). The Bertz CT molecular complexity index is 130. The van der Waals surface area contributed by atoms with E-state index >= 15 is 0 Å². The maximum absolute atomic E-state index is 9.05. The van der Waals surface area contributed by atoms with Crippen LogP contribution in [0.15, 0.2) is 0 Å². The van der Waals surface area contributed by atoms with Crippen molar-refractivity contribution in [2.24, 2.45) is 0 Å². The fraction of sp³-hybridized carbons (Fsp3) is 1.00. The molecule has 1 saturated heterocycles. The molecular formula is C8H17NO2. The zero-order valence-electron chi connectivity index (χ0n) is 7.50. The van der Waals surface area contributed by atoms with Crippen molar-refractivity contribution < 1.29 is 9.84 Å². The van der Waals surface area contributed by atoms with Crippen molar-refractivity contribution in [3.63, 3.8) is 0 Å². The Morgan fingerprint density at radius 3 is 2.55 bits per heavy atom. The zero-order valence-corrected chi connectivity index (χ0v) is 7.50. The standard InChI is InChI=1S/C8H17NO2/c1-7(10)4-9-5-8(2,6-9)11-3/h7,10H,4-6H2,1-3H3. The predicted molar refractivity (Wildman–Crippen MR) is 43.5 cm³/mol. The first-order chi connectivity index (χ1) is 5.06. The van der Waals surface area contributed by atoms with E-state index in [0.29, 0.717) is 0 Å². The molecule has 0 spiro atoms. The van der Waals surface area contributed by atoms with Crippen molar-refractivity contribution in [1.82, 2.24) is 4.90 Å². The van der Waals surface area contributed by atoms with Crippen molar-refractivity contribution in [3.8, 4) is 0 Å². The Kier molecular flexibility index (Phi) is 2.52. The second-order valence-electron chi connectivity index (χ2n) is 3.67. The lowest BCUT2D eigenvalue weighted by Crippen LogP contribution is -2.62. The predicted octanol–water partition coefficient (Wildman–Crippen LogP) is 0.0879. The molecule has 0 aliphatic carbocycles. The van der Waals surface area contributed by atoms with Crippen LogP contribution in [0.3, 0.4) is 0 Å². The topological polar surface area (TPSA) is 32.7 Å². The summed E-state index contributed by atoms with van der Waals surface area (Å²) in [5.74, 6) is 0. The van der Waals surface area contributed by atoms with E-state index in [2.05, 4.69) is 11.8 Å². The van der Waals surface area contributed by atoms with Gasteiger partial charge in [-0.2, -0.15) is 0 Å². The second kappa shape index (κ2) is 3.09. The normalized spacial score (nSPS) is 26.2. The number of hydrogen-bond donors (Lipinski definition) is 1. The van der Waals surface area contributed by atoms with Gasteiger partial charge in [-0.05, 0) is 13.8 Å². The third-order valence-electron chi connectivity index (χ3n) is 2.13. The first-order valence-corrected chi connectivity index (χ1v) is 4.01. The fourth-order valence-corrected chi connectivity index (χ4v) is 1.53. The Labute approximate surface area is 68.0 Å². The van der Waals surface area contributed by atoms with Crippen LogP contribution in [0.5, 0.6) is 0 Å². The van der Waals surface area contributed by atoms with Gasteiger partial charge in [-0.15, -0.1) is 0 Å². The lowest BCUT2D eigenvalue weighted by atomic mass is 9.96. The van der Waals surface area contributed by atoms with Gasteiger partial charge in [0.05, 0.1) is 11.7 Å². The number of β-amino-alcohol motifs (C(OH)–C–C–N with tert-alkyl or cyclic N) is 1. The summed E-state index contributed by atoms with van der Waals surface area (Å²) < 4.78 is 5.26. The molecule has 1 heterocycles. The second-order valence-corrected chi connectivity index (χ2v) is 3.67. The summed E-state index contributed by atoms with van der Waals surface area (Å²) in [6.07, 6.45) is -0.226. The molecule has 0 amide bonds. The minimum Gasteiger partial charge on any atom is -0.392 e. The van der Waals surface area contributed by atoms with E-state index in [-0.39, 0.29) is 11.7 Å². The lowest BCUT2D eigenvalue weighted by molar-refractivity contribution is -0.118. The van der Waals surface area contributed by atoms with E-state index in [1.807, 2.05) is 6.92 Å². The van der Waals surface area contributed by atoms with E-state index in [4.69, 9.17) is 9.84 Å². The molecule has 3 nitrogen and oxygen atoms in total. The quantitative estimate of drug-likeness (QED) is 0.633. The summed E-state index contributed by atoms with van der Waals surface area (Å²) in [5.41, 5.74) is 0.0366. The molecule has 1 fully saturated rings. The molecule has 0 bridgehead atoms. The van der Waals surface area contributed by atoms with Gasteiger partial charge in [0.1, 0.15) is 0 Å². The van der Waals surface area contributed by atoms with E-state index in [1.165, 1.54) is 0 Å². The summed E-state index contributed by atoms with van der Waals surface area (Å²) in [7, 11) is 1.74. The monoisotopic (exact) mass is 159 g/mol. The highest BCUT2D eigenvalue weighted by molar-refractivity contribution is 4.93. The van der Waals surface area contributed by atoms with Gasteiger partial charge in [0.25, 0.3) is 0 Å². The highest BCUT2D eigenvalue weighted by atomic mass is 16.5. The molecular weight excluding hydrogens is 142 g/mol. The summed E-state index contributed by atoms with van der Waals surface area (Å²) >= 11 is 0. The fourth-order valence-electron chi connectivity index (χ4n) is 1.53. The van der Waals surface area contributed by atoms with E-state index in [0.717, 1.165) is 19.6 Å². The van der Waals surface area contributed by atoms with Crippen LogP contribution in [0.25, 0.3) is 0 Å². The Hall–Kier alpha value is -0.120. The minimum atomic E-state index is -0.226. The van der Waals surface area contributed by atoms with Crippen molar-refractivity contribution in [1.29, 1.82) is 0 Å². The average molecular weight is 159 g/mol. The Morgan fingerprint density at radius 2 is 2.18 bits per heavy atom. The number of nitrogens with zero attached hydrogens (tertiary/aromatic N) is 1. The summed E-state index contributed by atoms with van der Waals surface area (Å²) in [4.78, 5) is 2.19. The van der Waals surface area contributed by atoms with Crippen LogP contribution in [0.1, 0.15) is 13.8 Å². The molecule has 66 valence electrons. The van der Waals surface area contributed by atoms with Crippen LogP contribution in [0.4, 0.5) is 0 Å². The molecule has 0 aromatic heterocycles. The third kappa shape index (κ3) is 2.15. The third-order valence-corrected chi connectivity index (χ3v) is 2.13. The molecule has 1 atom stereocenters. The first-order valence-electron chi connectivity index (χ1n) is 4.01. The zero-order chi connectivity index (χ0) is 8.48. The molecule has 11 heavy (non-hydrogen) atoms. The van der Waals surface area contributed by atoms with Gasteiger partial charge in [0.15, 0.2) is 0 Å². The Morgan fingerprint density at radius 1 is 1.64 bits per heavy atom. The number of methoxy groups -OCH3 is 1. The molecule has 0 aromatic carbocycles. The van der Waals surface area contributed by atoms with Crippen LogP contribution >= 0.6 is 0 Å². The highest BCUT2D eigenvalue weighted by Crippen LogP contribution is 2.23. The average Bonchev–Trinajstić information content (AvgIpc) is 1.83. The van der Waals surface area contributed by atoms with Gasteiger partial charge in [-0.25, -0.2) is 0 Å². The van der Waals surface area contributed by atoms with Crippen LogP contribution < -0.4 is 0 Å². The van der Waals surface area contributed by atoms with Gasteiger partial charge in [0, 0.05) is 26.7 Å². The maximum atomic E-state index is 9.05. The Balaban J connectivity index is 2.18. The molecule has 1 aliphatic heterocycles. The number of aliphatic hydroxyl groups excluding tert-OH is 1. The minimum absolute atomic E-state index is 0.0366. The van der Waals surface area contributed by atoms with Gasteiger partial charge >= 0.3 is 0 Å². The van der Waals surface area contributed by atoms with E-state index in [9.17, 15) is 0 Å². The van der Waals surface area contributed by atoms with Crippen LogP contribution in [-0.2, 0) is 4.74 Å². The van der Waals surface area contributed by atoms with Gasteiger partial charge < -0.3 is 9.84 Å². The van der Waals surface area contributed by atoms with Crippen molar-refractivity contribution >= 4 is 0 Å². The number of aliphatic hydroxyl groups is 1. The number of hydrogen-bond acceptors (Lipinski definition) is 3. The SMILES string of the molecule is COC1(C)CN(CC(C)O)C1. The molecule has 0 aromatic rings. The molecule has 3 heteroatoms. The summed E-state index contributed by atoms with van der Waals surface area (Å²) in [5, 5.41) is 9.05. The van der Waals surface area contributed by atoms with Gasteiger partial charge in [0.2, 0.25) is 0 Å². The van der Waals surface area contributed by atoms with Crippen molar-refractivity contribution in [2.45, 2.75) is 25.6 Å². The number of ether oxygens (including phenoxy) is 1. The van der Waals surface area contributed by atoms with E-state index < -0.39 is 0 Å². The van der Waals surface area contributed by atoms with Gasteiger partial charge in [-0.1, -0.05) is 0 Å². The smallest absolute Gasteiger partial charge is 0.0903 e. The van der Waals surface area contributed by atoms with Gasteiger partial charge in [-0.3, -0.25) is 4.90 Å². The maximum Gasteiger partial charge on any atom is 0.0903 e. The van der Waals surface area contributed by atoms with Crippen LogP contribution in [-0.4, -0.2) is 48.5 Å². The van der Waals surface area contributed by atoms with E-state index in [1.54, 1.807) is 7.11 Å². The number of likely N-dealkylation sites (tertiary alicyclic amines) is 1.